The summed E-state index contributed by atoms with van der Waals surface area (Å²) in [7, 11) is 0. The maximum atomic E-state index is 11.7. The summed E-state index contributed by atoms with van der Waals surface area (Å²) in [6.45, 7) is 7.65. The van der Waals surface area contributed by atoms with Crippen LogP contribution in [0.15, 0.2) is 36.6 Å². The second kappa shape index (κ2) is 5.53. The SMILES string of the molecule is C=C/C(=C\C=C/C)OC1CC(C)(N2C(=O)CNC2=O)C1. The van der Waals surface area contributed by atoms with Gasteiger partial charge in [-0.3, -0.25) is 9.69 Å². The molecule has 0 aromatic carbocycles. The van der Waals surface area contributed by atoms with Gasteiger partial charge in [-0.15, -0.1) is 0 Å². The quantitative estimate of drug-likeness (QED) is 0.475. The number of rotatable bonds is 5. The Morgan fingerprint density at radius 2 is 2.20 bits per heavy atom. The molecule has 108 valence electrons. The molecule has 2 fully saturated rings. The predicted octanol–water partition coefficient (Wildman–Crippen LogP) is 2.12. The molecule has 5 heteroatoms. The number of nitrogens with zero attached hydrogens (tertiary/aromatic N) is 1. The number of hydrogen-bond acceptors (Lipinski definition) is 3. The molecule has 0 atom stereocenters. The average molecular weight is 276 g/mol. The molecule has 1 aliphatic carbocycles. The van der Waals surface area contributed by atoms with Crippen molar-refractivity contribution in [3.8, 4) is 0 Å². The highest BCUT2D eigenvalue weighted by Crippen LogP contribution is 2.41. The second-order valence-corrected chi connectivity index (χ2v) is 5.33. The highest BCUT2D eigenvalue weighted by atomic mass is 16.5. The summed E-state index contributed by atoms with van der Waals surface area (Å²) in [6, 6.07) is -0.302. The summed E-state index contributed by atoms with van der Waals surface area (Å²) in [6.07, 6.45) is 8.59. The first-order valence-electron chi connectivity index (χ1n) is 6.73. The van der Waals surface area contributed by atoms with Crippen LogP contribution in [0.5, 0.6) is 0 Å². The first kappa shape index (κ1) is 14.4. The lowest BCUT2D eigenvalue weighted by Crippen LogP contribution is -2.60. The van der Waals surface area contributed by atoms with Crippen molar-refractivity contribution in [1.29, 1.82) is 0 Å². The molecule has 1 saturated heterocycles. The maximum absolute atomic E-state index is 11.7. The lowest BCUT2D eigenvalue weighted by atomic mass is 9.74. The average Bonchev–Trinajstić information content (AvgIpc) is 2.72. The summed E-state index contributed by atoms with van der Waals surface area (Å²) >= 11 is 0. The minimum atomic E-state index is -0.435. The van der Waals surface area contributed by atoms with Crippen LogP contribution in [0.3, 0.4) is 0 Å². The van der Waals surface area contributed by atoms with Crippen LogP contribution in [0.25, 0.3) is 0 Å². The smallest absolute Gasteiger partial charge is 0.325 e. The van der Waals surface area contributed by atoms with Crippen LogP contribution in [-0.2, 0) is 9.53 Å². The molecule has 0 unspecified atom stereocenters. The molecule has 0 aromatic rings. The Morgan fingerprint density at radius 1 is 1.50 bits per heavy atom. The third-order valence-corrected chi connectivity index (χ3v) is 3.67. The number of carbonyl (C=O) groups excluding carboxylic acids is 2. The molecule has 20 heavy (non-hydrogen) atoms. The fourth-order valence-corrected chi connectivity index (χ4v) is 2.69. The van der Waals surface area contributed by atoms with Crippen molar-refractivity contribution < 1.29 is 14.3 Å². The van der Waals surface area contributed by atoms with Crippen LogP contribution in [0, 0.1) is 0 Å². The number of ether oxygens (including phenoxy) is 1. The van der Waals surface area contributed by atoms with Gasteiger partial charge in [0.2, 0.25) is 0 Å². The third-order valence-electron chi connectivity index (χ3n) is 3.67. The van der Waals surface area contributed by atoms with E-state index in [4.69, 9.17) is 4.74 Å². The third kappa shape index (κ3) is 2.61. The number of urea groups is 1. The standard InChI is InChI=1S/C15H20N2O3/c1-4-6-7-11(5-2)20-12-8-15(3,9-12)17-13(18)10-16-14(17)19/h4-7,12H,2,8-10H2,1,3H3,(H,16,19)/b6-4-,11-7+. The molecule has 0 bridgehead atoms. The highest BCUT2D eigenvalue weighted by molar-refractivity contribution is 6.02. The predicted molar refractivity (Wildman–Crippen MR) is 75.9 cm³/mol. The zero-order valence-electron chi connectivity index (χ0n) is 11.9. The molecule has 0 aromatic heterocycles. The summed E-state index contributed by atoms with van der Waals surface area (Å²) in [5, 5.41) is 2.55. The molecular weight excluding hydrogens is 256 g/mol. The molecule has 2 aliphatic rings. The maximum Gasteiger partial charge on any atom is 0.325 e. The summed E-state index contributed by atoms with van der Waals surface area (Å²) < 4.78 is 5.79. The van der Waals surface area contributed by atoms with Gasteiger partial charge < -0.3 is 10.1 Å². The van der Waals surface area contributed by atoms with Gasteiger partial charge >= 0.3 is 6.03 Å². The zero-order valence-corrected chi connectivity index (χ0v) is 11.9. The first-order valence-corrected chi connectivity index (χ1v) is 6.73. The van der Waals surface area contributed by atoms with Crippen molar-refractivity contribution in [2.24, 2.45) is 0 Å². The molecule has 2 rings (SSSR count). The van der Waals surface area contributed by atoms with Gasteiger partial charge in [0.05, 0.1) is 12.1 Å². The van der Waals surface area contributed by atoms with Gasteiger partial charge in [-0.25, -0.2) is 4.79 Å². The van der Waals surface area contributed by atoms with Gasteiger partial charge in [-0.2, -0.15) is 0 Å². The molecule has 5 nitrogen and oxygen atoms in total. The van der Waals surface area contributed by atoms with E-state index in [9.17, 15) is 9.59 Å². The van der Waals surface area contributed by atoms with E-state index < -0.39 is 5.54 Å². The van der Waals surface area contributed by atoms with Crippen LogP contribution in [-0.4, -0.2) is 35.0 Å². The summed E-state index contributed by atoms with van der Waals surface area (Å²) in [4.78, 5) is 24.7. The topological polar surface area (TPSA) is 58.6 Å². The Labute approximate surface area is 119 Å². The van der Waals surface area contributed by atoms with Crippen molar-refractivity contribution >= 4 is 11.9 Å². The van der Waals surface area contributed by atoms with E-state index in [1.165, 1.54) is 4.90 Å². The van der Waals surface area contributed by atoms with E-state index in [1.54, 1.807) is 6.08 Å². The van der Waals surface area contributed by atoms with Crippen LogP contribution < -0.4 is 5.32 Å². The largest absolute Gasteiger partial charge is 0.490 e. The van der Waals surface area contributed by atoms with Gasteiger partial charge in [0.25, 0.3) is 5.91 Å². The van der Waals surface area contributed by atoms with Crippen LogP contribution in [0.4, 0.5) is 4.79 Å². The van der Waals surface area contributed by atoms with Crippen molar-refractivity contribution in [2.45, 2.75) is 38.3 Å². The number of hydrogen-bond donors (Lipinski definition) is 1. The molecule has 3 amide bonds. The Hall–Kier alpha value is -2.04. The van der Waals surface area contributed by atoms with Crippen LogP contribution in [0.2, 0.25) is 0 Å². The van der Waals surface area contributed by atoms with E-state index in [2.05, 4.69) is 11.9 Å². The summed E-state index contributed by atoms with van der Waals surface area (Å²) in [5.74, 6) is 0.539. The van der Waals surface area contributed by atoms with Gasteiger partial charge in [-0.1, -0.05) is 18.7 Å². The van der Waals surface area contributed by atoms with E-state index in [-0.39, 0.29) is 24.6 Å². The fourth-order valence-electron chi connectivity index (χ4n) is 2.69. The minimum Gasteiger partial charge on any atom is -0.490 e. The highest BCUT2D eigenvalue weighted by Gasteiger charge is 2.52. The van der Waals surface area contributed by atoms with Gasteiger partial charge in [0.15, 0.2) is 0 Å². The van der Waals surface area contributed by atoms with Crippen molar-refractivity contribution in [3.63, 3.8) is 0 Å². The molecule has 0 radical (unpaired) electrons. The van der Waals surface area contributed by atoms with E-state index in [0.717, 1.165) is 0 Å². The van der Waals surface area contributed by atoms with Crippen LogP contribution >= 0.6 is 0 Å². The van der Waals surface area contributed by atoms with E-state index in [1.807, 2.05) is 32.1 Å². The molecule has 1 saturated carbocycles. The zero-order chi connectivity index (χ0) is 14.8. The van der Waals surface area contributed by atoms with E-state index in [0.29, 0.717) is 18.6 Å². The lowest BCUT2D eigenvalue weighted by Gasteiger charge is -2.48. The molecule has 0 spiro atoms. The van der Waals surface area contributed by atoms with Crippen LogP contribution in [0.1, 0.15) is 26.7 Å². The normalized spacial score (nSPS) is 30.4. The molecule has 1 aliphatic heterocycles. The molecule has 1 heterocycles. The van der Waals surface area contributed by atoms with Gasteiger partial charge in [0, 0.05) is 12.8 Å². The number of nitrogens with one attached hydrogen (secondary N) is 1. The Bertz CT molecular complexity index is 471. The van der Waals surface area contributed by atoms with Gasteiger partial charge in [0.1, 0.15) is 11.9 Å². The number of amides is 3. The second-order valence-electron chi connectivity index (χ2n) is 5.33. The Balaban J connectivity index is 1.95. The molecule has 1 N–H and O–H groups in total. The fraction of sp³-hybridized carbons (Fsp3) is 0.467. The van der Waals surface area contributed by atoms with E-state index >= 15 is 0 Å². The number of imide groups is 1. The minimum absolute atomic E-state index is 0.00991. The van der Waals surface area contributed by atoms with Crippen molar-refractivity contribution in [1.82, 2.24) is 10.2 Å². The van der Waals surface area contributed by atoms with Crippen molar-refractivity contribution in [2.75, 3.05) is 6.54 Å². The lowest BCUT2D eigenvalue weighted by molar-refractivity contribution is -0.136. The first-order chi connectivity index (χ1) is 9.50. The Kier molecular flexibility index (Phi) is 3.97. The molecular formula is C15H20N2O3. The number of allylic oxidation sites excluding steroid dienone is 4. The monoisotopic (exact) mass is 276 g/mol. The van der Waals surface area contributed by atoms with Gasteiger partial charge in [-0.05, 0) is 26.0 Å². The summed E-state index contributed by atoms with van der Waals surface area (Å²) in [5.41, 5.74) is -0.435. The van der Waals surface area contributed by atoms with Crippen molar-refractivity contribution in [3.05, 3.63) is 36.6 Å². The number of carbonyl (C=O) groups is 2. The Morgan fingerprint density at radius 3 is 2.70 bits per heavy atom.